The third kappa shape index (κ3) is 2.99. The Labute approximate surface area is 123 Å². The lowest BCUT2D eigenvalue weighted by Crippen LogP contribution is -2.12. The molecule has 0 saturated carbocycles. The minimum atomic E-state index is -2.94. The van der Waals surface area contributed by atoms with Gasteiger partial charge in [-0.3, -0.25) is 4.68 Å². The van der Waals surface area contributed by atoms with Crippen molar-refractivity contribution in [1.29, 1.82) is 0 Å². The van der Waals surface area contributed by atoms with Crippen LogP contribution in [0.25, 0.3) is 0 Å². The summed E-state index contributed by atoms with van der Waals surface area (Å²) in [6.45, 7) is -0.518. The molecule has 1 heterocycles. The van der Waals surface area contributed by atoms with E-state index < -0.39 is 12.7 Å². The molecule has 0 aliphatic rings. The largest absolute Gasteiger partial charge is 0.434 e. The molecule has 4 nitrogen and oxygen atoms in total. The van der Waals surface area contributed by atoms with Crippen LogP contribution in [-0.2, 0) is 6.54 Å². The highest BCUT2D eigenvalue weighted by Gasteiger charge is 2.23. The predicted octanol–water partition coefficient (Wildman–Crippen LogP) is 3.35. The monoisotopic (exact) mass is 346 g/mol. The van der Waals surface area contributed by atoms with E-state index in [9.17, 15) is 13.9 Å². The molecule has 1 N–H and O–H groups in total. The highest BCUT2D eigenvalue weighted by molar-refractivity contribution is 9.10. The van der Waals surface area contributed by atoms with Gasteiger partial charge in [0.25, 0.3) is 0 Å². The average Bonchev–Trinajstić information content (AvgIpc) is 2.79. The Morgan fingerprint density at radius 1 is 1.40 bits per heavy atom. The smallest absolute Gasteiger partial charge is 0.387 e. The van der Waals surface area contributed by atoms with Gasteiger partial charge in [-0.15, -0.1) is 0 Å². The predicted molar refractivity (Wildman–Crippen MR) is 72.7 cm³/mol. The molecule has 1 atom stereocenters. The van der Waals surface area contributed by atoms with Crippen LogP contribution in [0.3, 0.4) is 0 Å². The number of aliphatic hydroxyl groups excluding tert-OH is 1. The van der Waals surface area contributed by atoms with Crippen molar-refractivity contribution in [1.82, 2.24) is 9.78 Å². The summed E-state index contributed by atoms with van der Waals surface area (Å²) in [7, 11) is 0. The Bertz CT molecular complexity index is 590. The maximum absolute atomic E-state index is 12.4. The summed E-state index contributed by atoms with van der Waals surface area (Å²) in [6, 6.07) is 6.16. The van der Waals surface area contributed by atoms with Gasteiger partial charge in [0.05, 0.1) is 16.4 Å². The van der Waals surface area contributed by atoms with Crippen molar-refractivity contribution in [3.63, 3.8) is 0 Å². The summed E-state index contributed by atoms with van der Waals surface area (Å²) >= 11 is 3.30. The molecular weight excluding hydrogens is 334 g/mol. The first-order valence-corrected chi connectivity index (χ1v) is 6.76. The number of nitrogens with zero attached hydrogens (tertiary/aromatic N) is 2. The summed E-state index contributed by atoms with van der Waals surface area (Å²) in [5.41, 5.74) is 0.765. The van der Waals surface area contributed by atoms with E-state index in [-0.39, 0.29) is 11.3 Å². The zero-order valence-corrected chi connectivity index (χ0v) is 12.2. The van der Waals surface area contributed by atoms with Gasteiger partial charge < -0.3 is 9.84 Å². The number of aryl methyl sites for hydroxylation is 1. The van der Waals surface area contributed by atoms with Gasteiger partial charge >= 0.3 is 6.61 Å². The van der Waals surface area contributed by atoms with Crippen molar-refractivity contribution < 1.29 is 18.6 Å². The van der Waals surface area contributed by atoms with Gasteiger partial charge in [-0.1, -0.05) is 18.2 Å². The maximum atomic E-state index is 12.4. The summed E-state index contributed by atoms with van der Waals surface area (Å²) in [5, 5.41) is 14.5. The summed E-state index contributed by atoms with van der Waals surface area (Å²) in [4.78, 5) is 0. The highest BCUT2D eigenvalue weighted by atomic mass is 79.9. The molecule has 2 rings (SSSR count). The van der Waals surface area contributed by atoms with E-state index in [4.69, 9.17) is 0 Å². The first-order chi connectivity index (χ1) is 9.54. The second-order valence-corrected chi connectivity index (χ2v) is 4.87. The fourth-order valence-electron chi connectivity index (χ4n) is 1.95. The molecule has 0 aliphatic carbocycles. The summed E-state index contributed by atoms with van der Waals surface area (Å²) in [6.07, 6.45) is 0.445. The van der Waals surface area contributed by atoms with E-state index in [1.54, 1.807) is 29.1 Å². The zero-order valence-electron chi connectivity index (χ0n) is 10.6. The van der Waals surface area contributed by atoms with Crippen LogP contribution < -0.4 is 4.74 Å². The average molecular weight is 347 g/mol. The molecule has 1 unspecified atom stereocenters. The van der Waals surface area contributed by atoms with Crippen molar-refractivity contribution >= 4 is 15.9 Å². The molecule has 108 valence electrons. The minimum Gasteiger partial charge on any atom is -0.434 e. The van der Waals surface area contributed by atoms with E-state index >= 15 is 0 Å². The number of aromatic nitrogens is 2. The Morgan fingerprint density at radius 2 is 2.10 bits per heavy atom. The third-order valence-electron chi connectivity index (χ3n) is 2.82. The first-order valence-electron chi connectivity index (χ1n) is 5.97. The zero-order chi connectivity index (χ0) is 14.7. The van der Waals surface area contributed by atoms with Gasteiger partial charge in [0.1, 0.15) is 11.9 Å². The third-order valence-corrected chi connectivity index (χ3v) is 3.43. The standard InChI is InChI=1S/C13H13BrF2N2O2/c1-2-18-11(9(14)7-17-18)12(19)8-5-3-4-6-10(8)20-13(15)16/h3-7,12-13,19H,2H2,1H3. The van der Waals surface area contributed by atoms with Gasteiger partial charge in [0.2, 0.25) is 0 Å². The van der Waals surface area contributed by atoms with Crippen LogP contribution in [0, 0.1) is 0 Å². The number of para-hydroxylation sites is 1. The van der Waals surface area contributed by atoms with Crippen molar-refractivity contribution in [3.05, 3.63) is 46.2 Å². The molecule has 0 bridgehead atoms. The van der Waals surface area contributed by atoms with Crippen LogP contribution in [-0.4, -0.2) is 21.5 Å². The molecule has 1 aromatic carbocycles. The molecule has 0 spiro atoms. The summed E-state index contributed by atoms with van der Waals surface area (Å²) in [5.74, 6) is -0.0502. The number of halogens is 3. The van der Waals surface area contributed by atoms with Crippen LogP contribution >= 0.6 is 15.9 Å². The van der Waals surface area contributed by atoms with Gasteiger partial charge in [0, 0.05) is 12.1 Å². The van der Waals surface area contributed by atoms with Crippen LogP contribution in [0.15, 0.2) is 34.9 Å². The molecule has 0 saturated heterocycles. The van der Waals surface area contributed by atoms with Gasteiger partial charge in [-0.05, 0) is 28.9 Å². The second-order valence-electron chi connectivity index (χ2n) is 4.01. The number of hydrogen-bond acceptors (Lipinski definition) is 3. The number of ether oxygens (including phenoxy) is 1. The fraction of sp³-hybridized carbons (Fsp3) is 0.308. The SMILES string of the molecule is CCn1ncc(Br)c1C(O)c1ccccc1OC(F)F. The lowest BCUT2D eigenvalue weighted by Gasteiger charge is -2.17. The van der Waals surface area contributed by atoms with E-state index in [0.717, 1.165) is 0 Å². The van der Waals surface area contributed by atoms with E-state index in [1.807, 2.05) is 6.92 Å². The quantitative estimate of drug-likeness (QED) is 0.902. The van der Waals surface area contributed by atoms with E-state index in [2.05, 4.69) is 25.8 Å². The van der Waals surface area contributed by atoms with Gasteiger partial charge in [-0.25, -0.2) is 0 Å². The van der Waals surface area contributed by atoms with Crippen molar-refractivity contribution in [2.45, 2.75) is 26.2 Å². The Kier molecular flexibility index (Phi) is 4.72. The van der Waals surface area contributed by atoms with Crippen LogP contribution in [0.4, 0.5) is 8.78 Å². The van der Waals surface area contributed by atoms with Crippen molar-refractivity contribution in [2.24, 2.45) is 0 Å². The van der Waals surface area contributed by atoms with Crippen molar-refractivity contribution in [2.75, 3.05) is 0 Å². The molecule has 20 heavy (non-hydrogen) atoms. The normalized spacial score (nSPS) is 12.7. The van der Waals surface area contributed by atoms with Gasteiger partial charge in [0.15, 0.2) is 0 Å². The number of benzene rings is 1. The number of alkyl halides is 2. The molecule has 0 radical (unpaired) electrons. The maximum Gasteiger partial charge on any atom is 0.387 e. The first kappa shape index (κ1) is 14.9. The molecule has 0 amide bonds. The van der Waals surface area contributed by atoms with E-state index in [0.29, 0.717) is 16.7 Å². The lowest BCUT2D eigenvalue weighted by molar-refractivity contribution is -0.0513. The Balaban J connectivity index is 2.42. The van der Waals surface area contributed by atoms with Gasteiger partial charge in [-0.2, -0.15) is 13.9 Å². The number of hydrogen-bond donors (Lipinski definition) is 1. The molecule has 2 aromatic rings. The Hall–Kier alpha value is -1.47. The number of aliphatic hydroxyl groups is 1. The summed E-state index contributed by atoms with van der Waals surface area (Å²) < 4.78 is 31.4. The van der Waals surface area contributed by atoms with E-state index in [1.165, 1.54) is 6.07 Å². The van der Waals surface area contributed by atoms with Crippen LogP contribution in [0.5, 0.6) is 5.75 Å². The van der Waals surface area contributed by atoms with Crippen LogP contribution in [0.2, 0.25) is 0 Å². The molecule has 7 heteroatoms. The number of rotatable bonds is 5. The highest BCUT2D eigenvalue weighted by Crippen LogP contribution is 2.34. The fourth-order valence-corrected chi connectivity index (χ4v) is 2.47. The lowest BCUT2D eigenvalue weighted by atomic mass is 10.1. The minimum absolute atomic E-state index is 0.0502. The van der Waals surface area contributed by atoms with Crippen molar-refractivity contribution in [3.8, 4) is 5.75 Å². The Morgan fingerprint density at radius 3 is 2.75 bits per heavy atom. The second kappa shape index (κ2) is 6.32. The molecular formula is C13H13BrF2N2O2. The molecule has 0 aliphatic heterocycles. The topological polar surface area (TPSA) is 47.3 Å². The molecule has 1 aromatic heterocycles. The molecule has 0 fully saturated rings. The van der Waals surface area contributed by atoms with Crippen LogP contribution in [0.1, 0.15) is 24.3 Å².